The first-order valence-electron chi connectivity index (χ1n) is 14.2. The summed E-state index contributed by atoms with van der Waals surface area (Å²) in [6.07, 6.45) is 3.51. The Kier molecular flexibility index (Phi) is 5.82. The standard InChI is InChI=1S/C40H26N2/c1-2-9-28(10-3-1)39-40(42-24-23-41-39)29-19-17-27(18-20-29)30-11-8-12-31(25-30)32-21-22-37-35-15-5-4-13-33(35)34-14-6-7-16-36(34)38(37)26-32/h1-26H. The Bertz CT molecular complexity index is 2200. The van der Waals surface area contributed by atoms with Gasteiger partial charge >= 0.3 is 0 Å². The molecule has 8 rings (SSSR count). The van der Waals surface area contributed by atoms with Gasteiger partial charge in [-0.05, 0) is 66.7 Å². The average molecular weight is 535 g/mol. The zero-order chi connectivity index (χ0) is 27.9. The lowest BCUT2D eigenvalue weighted by molar-refractivity contribution is 1.21. The molecule has 0 spiro atoms. The van der Waals surface area contributed by atoms with Gasteiger partial charge in [0.05, 0.1) is 11.4 Å². The lowest BCUT2D eigenvalue weighted by Crippen LogP contribution is -1.92. The van der Waals surface area contributed by atoms with Crippen molar-refractivity contribution in [3.8, 4) is 44.8 Å². The Labute approximate surface area is 244 Å². The normalized spacial score (nSPS) is 11.3. The van der Waals surface area contributed by atoms with E-state index in [1.54, 1.807) is 12.4 Å². The van der Waals surface area contributed by atoms with E-state index < -0.39 is 0 Å². The molecule has 42 heavy (non-hydrogen) atoms. The molecule has 0 radical (unpaired) electrons. The van der Waals surface area contributed by atoms with Crippen LogP contribution in [-0.4, -0.2) is 9.97 Å². The van der Waals surface area contributed by atoms with Gasteiger partial charge in [0.25, 0.3) is 0 Å². The second-order valence-electron chi connectivity index (χ2n) is 10.6. The molecule has 0 saturated heterocycles. The van der Waals surface area contributed by atoms with E-state index >= 15 is 0 Å². The Morgan fingerprint density at radius 2 is 0.667 bits per heavy atom. The van der Waals surface area contributed by atoms with E-state index in [0.29, 0.717) is 0 Å². The number of rotatable bonds is 4. The highest BCUT2D eigenvalue weighted by Crippen LogP contribution is 2.38. The van der Waals surface area contributed by atoms with E-state index in [1.165, 1.54) is 54.6 Å². The summed E-state index contributed by atoms with van der Waals surface area (Å²) in [6, 6.07) is 52.1. The maximum absolute atomic E-state index is 4.68. The van der Waals surface area contributed by atoms with Crippen molar-refractivity contribution >= 4 is 32.3 Å². The smallest absolute Gasteiger partial charge is 0.0965 e. The molecule has 0 aliphatic heterocycles. The predicted molar refractivity (Wildman–Crippen MR) is 176 cm³/mol. The van der Waals surface area contributed by atoms with Crippen molar-refractivity contribution in [3.63, 3.8) is 0 Å². The van der Waals surface area contributed by atoms with E-state index in [4.69, 9.17) is 0 Å². The number of aromatic nitrogens is 2. The number of benzene rings is 7. The number of hydrogen-bond acceptors (Lipinski definition) is 2. The molecule has 0 aliphatic rings. The molecule has 2 nitrogen and oxygen atoms in total. The Morgan fingerprint density at radius 3 is 1.29 bits per heavy atom. The van der Waals surface area contributed by atoms with Crippen molar-refractivity contribution in [1.82, 2.24) is 9.97 Å². The number of fused-ring (bicyclic) bond motifs is 6. The van der Waals surface area contributed by atoms with Crippen LogP contribution in [0.15, 0.2) is 158 Å². The largest absolute Gasteiger partial charge is 0.252 e. The van der Waals surface area contributed by atoms with Crippen LogP contribution in [0.2, 0.25) is 0 Å². The van der Waals surface area contributed by atoms with Crippen LogP contribution in [0.1, 0.15) is 0 Å². The first-order chi connectivity index (χ1) is 20.8. The lowest BCUT2D eigenvalue weighted by atomic mass is 9.91. The van der Waals surface area contributed by atoms with Gasteiger partial charge < -0.3 is 0 Å². The van der Waals surface area contributed by atoms with Crippen LogP contribution < -0.4 is 0 Å². The maximum atomic E-state index is 4.68. The summed E-state index contributed by atoms with van der Waals surface area (Å²) in [5, 5.41) is 7.76. The molecule has 196 valence electrons. The van der Waals surface area contributed by atoms with Crippen molar-refractivity contribution in [3.05, 3.63) is 158 Å². The molecule has 0 N–H and O–H groups in total. The summed E-state index contributed by atoms with van der Waals surface area (Å²) in [6.45, 7) is 0. The van der Waals surface area contributed by atoms with Gasteiger partial charge in [0.2, 0.25) is 0 Å². The van der Waals surface area contributed by atoms with Gasteiger partial charge in [0, 0.05) is 23.5 Å². The first-order valence-corrected chi connectivity index (χ1v) is 14.2. The third kappa shape index (κ3) is 4.13. The van der Waals surface area contributed by atoms with Crippen LogP contribution in [0.3, 0.4) is 0 Å². The molecule has 1 heterocycles. The molecule has 0 bridgehead atoms. The van der Waals surface area contributed by atoms with Crippen molar-refractivity contribution in [2.75, 3.05) is 0 Å². The van der Waals surface area contributed by atoms with E-state index in [2.05, 4.69) is 137 Å². The highest BCUT2D eigenvalue weighted by molar-refractivity contribution is 6.25. The molecule has 0 saturated carbocycles. The summed E-state index contributed by atoms with van der Waals surface area (Å²) in [7, 11) is 0. The summed E-state index contributed by atoms with van der Waals surface area (Å²) >= 11 is 0. The van der Waals surface area contributed by atoms with Gasteiger partial charge in [0.1, 0.15) is 0 Å². The SMILES string of the molecule is c1ccc(-c2nccnc2-c2ccc(-c3cccc(-c4ccc5c6ccccc6c6ccccc6c5c4)c3)cc2)cc1. The number of hydrogen-bond donors (Lipinski definition) is 0. The molecule has 0 aliphatic carbocycles. The third-order valence-electron chi connectivity index (χ3n) is 8.18. The molecule has 8 aromatic rings. The highest BCUT2D eigenvalue weighted by atomic mass is 14.8. The predicted octanol–water partition coefficient (Wildman–Crippen LogP) is 10.6. The zero-order valence-electron chi connectivity index (χ0n) is 22.9. The summed E-state index contributed by atoms with van der Waals surface area (Å²) in [5.41, 5.74) is 8.67. The van der Waals surface area contributed by atoms with E-state index in [9.17, 15) is 0 Å². The van der Waals surface area contributed by atoms with E-state index in [-0.39, 0.29) is 0 Å². The summed E-state index contributed by atoms with van der Waals surface area (Å²) in [4.78, 5) is 9.33. The highest BCUT2D eigenvalue weighted by Gasteiger charge is 2.12. The molecular formula is C40H26N2. The summed E-state index contributed by atoms with van der Waals surface area (Å²) < 4.78 is 0. The second kappa shape index (κ2) is 10.1. The minimum atomic E-state index is 0.889. The molecule has 0 fully saturated rings. The molecular weight excluding hydrogens is 508 g/mol. The quantitative estimate of drug-likeness (QED) is 0.210. The third-order valence-corrected chi connectivity index (χ3v) is 8.18. The lowest BCUT2D eigenvalue weighted by Gasteiger charge is -2.13. The van der Waals surface area contributed by atoms with Crippen LogP contribution in [0, 0.1) is 0 Å². The molecule has 0 atom stereocenters. The van der Waals surface area contributed by atoms with Gasteiger partial charge in [-0.3, -0.25) is 9.97 Å². The summed E-state index contributed by atoms with van der Waals surface area (Å²) in [5.74, 6) is 0. The zero-order valence-corrected chi connectivity index (χ0v) is 22.9. The monoisotopic (exact) mass is 534 g/mol. The minimum absolute atomic E-state index is 0.889. The Balaban J connectivity index is 1.18. The van der Waals surface area contributed by atoms with Crippen LogP contribution >= 0.6 is 0 Å². The molecule has 2 heteroatoms. The molecule has 1 aromatic heterocycles. The van der Waals surface area contributed by atoms with Crippen LogP contribution in [-0.2, 0) is 0 Å². The van der Waals surface area contributed by atoms with Gasteiger partial charge in [-0.1, -0.05) is 133 Å². The van der Waals surface area contributed by atoms with E-state index in [1.807, 2.05) is 18.2 Å². The van der Waals surface area contributed by atoms with Crippen LogP contribution in [0.4, 0.5) is 0 Å². The second-order valence-corrected chi connectivity index (χ2v) is 10.6. The minimum Gasteiger partial charge on any atom is -0.252 e. The van der Waals surface area contributed by atoms with Crippen molar-refractivity contribution < 1.29 is 0 Å². The maximum Gasteiger partial charge on any atom is 0.0965 e. The fourth-order valence-electron chi connectivity index (χ4n) is 6.14. The Hall–Kier alpha value is -5.60. The van der Waals surface area contributed by atoms with Crippen LogP contribution in [0.5, 0.6) is 0 Å². The first kappa shape index (κ1) is 24.2. The average Bonchev–Trinajstić information content (AvgIpc) is 3.09. The fourth-order valence-corrected chi connectivity index (χ4v) is 6.14. The molecule has 0 amide bonds. The molecule has 7 aromatic carbocycles. The van der Waals surface area contributed by atoms with Crippen molar-refractivity contribution in [1.29, 1.82) is 0 Å². The fraction of sp³-hybridized carbons (Fsp3) is 0. The Morgan fingerprint density at radius 1 is 0.262 bits per heavy atom. The topological polar surface area (TPSA) is 25.8 Å². The van der Waals surface area contributed by atoms with Crippen molar-refractivity contribution in [2.45, 2.75) is 0 Å². The van der Waals surface area contributed by atoms with Crippen molar-refractivity contribution in [2.24, 2.45) is 0 Å². The van der Waals surface area contributed by atoms with Gasteiger partial charge in [-0.2, -0.15) is 0 Å². The van der Waals surface area contributed by atoms with E-state index in [0.717, 1.165) is 22.5 Å². The van der Waals surface area contributed by atoms with Gasteiger partial charge in [-0.15, -0.1) is 0 Å². The molecule has 0 unspecified atom stereocenters. The number of nitrogens with zero attached hydrogens (tertiary/aromatic N) is 2. The van der Waals surface area contributed by atoms with Crippen LogP contribution in [0.25, 0.3) is 77.1 Å². The van der Waals surface area contributed by atoms with Gasteiger partial charge in [-0.25, -0.2) is 0 Å². The van der Waals surface area contributed by atoms with Gasteiger partial charge in [0.15, 0.2) is 0 Å².